The monoisotopic (exact) mass is 662 g/mol. The van der Waals surface area contributed by atoms with Crippen LogP contribution < -0.4 is 15.6 Å². The number of ether oxygens (including phenoxy) is 1. The van der Waals surface area contributed by atoms with Crippen LogP contribution in [0.25, 0.3) is 11.1 Å². The van der Waals surface area contributed by atoms with Crippen molar-refractivity contribution in [3.63, 3.8) is 0 Å². The minimum absolute atomic E-state index is 0.0868. The number of fused-ring (bicyclic) bond motifs is 1. The van der Waals surface area contributed by atoms with E-state index in [1.807, 2.05) is 0 Å². The molecule has 12 heteroatoms. The number of aliphatic hydroxyl groups excluding tert-OH is 1. The van der Waals surface area contributed by atoms with Crippen LogP contribution in [-0.2, 0) is 12.3 Å². The number of hydrogen-bond acceptors (Lipinski definition) is 5. The molecule has 2 atom stereocenters. The van der Waals surface area contributed by atoms with Crippen LogP contribution in [0.5, 0.6) is 5.75 Å². The van der Waals surface area contributed by atoms with E-state index in [1.54, 1.807) is 37.3 Å². The summed E-state index contributed by atoms with van der Waals surface area (Å²) in [6.07, 6.45) is -0.350. The van der Waals surface area contributed by atoms with Crippen molar-refractivity contribution in [3.8, 4) is 16.9 Å². The number of nitrogens with one attached hydrogen (secondary N) is 1. The quantitative estimate of drug-likeness (QED) is 0.164. The van der Waals surface area contributed by atoms with Gasteiger partial charge in [-0.15, -0.1) is 11.8 Å². The lowest BCUT2D eigenvalue weighted by atomic mass is 9.90. The molecule has 2 heterocycles. The fourth-order valence-electron chi connectivity index (χ4n) is 5.94. The van der Waals surface area contributed by atoms with E-state index < -0.39 is 59.8 Å². The number of aliphatic hydroxyl groups is 1. The summed E-state index contributed by atoms with van der Waals surface area (Å²) in [4.78, 5) is 14.5. The second-order valence-electron chi connectivity index (χ2n) is 11.3. The molecule has 4 aromatic rings. The van der Waals surface area contributed by atoms with Gasteiger partial charge in [0, 0.05) is 35.8 Å². The number of halogens is 6. The van der Waals surface area contributed by atoms with E-state index >= 15 is 8.78 Å². The lowest BCUT2D eigenvalue weighted by Gasteiger charge is -2.29. The Kier molecular flexibility index (Phi) is 9.63. The number of nitrogens with zero attached hydrogens (tertiary/aromatic N) is 1. The zero-order chi connectivity index (χ0) is 33.4. The predicted molar refractivity (Wildman–Crippen MR) is 165 cm³/mol. The van der Waals surface area contributed by atoms with Gasteiger partial charge in [0.1, 0.15) is 12.4 Å². The van der Waals surface area contributed by atoms with Crippen LogP contribution in [0.1, 0.15) is 46.8 Å². The highest BCUT2D eigenvalue weighted by Crippen LogP contribution is 2.45. The van der Waals surface area contributed by atoms with Crippen molar-refractivity contribution in [2.24, 2.45) is 0 Å². The lowest BCUT2D eigenvalue weighted by molar-refractivity contribution is -0.0502. The van der Waals surface area contributed by atoms with Crippen LogP contribution in [0.4, 0.5) is 26.3 Å². The van der Waals surface area contributed by atoms with E-state index in [-0.39, 0.29) is 40.2 Å². The van der Waals surface area contributed by atoms with Gasteiger partial charge in [0.25, 0.3) is 17.4 Å². The van der Waals surface area contributed by atoms with E-state index in [0.717, 1.165) is 12.1 Å². The third-order valence-corrected chi connectivity index (χ3v) is 9.44. The smallest absolute Gasteiger partial charge is 0.282 e. The second kappa shape index (κ2) is 13.2. The Morgan fingerprint density at radius 1 is 1.02 bits per heavy atom. The predicted octanol–water partition coefficient (Wildman–Crippen LogP) is 7.42. The van der Waals surface area contributed by atoms with Crippen molar-refractivity contribution < 1.29 is 36.2 Å². The summed E-state index contributed by atoms with van der Waals surface area (Å²) < 4.78 is 95.6. The van der Waals surface area contributed by atoms with Gasteiger partial charge < -0.3 is 15.2 Å². The number of hydrogen-bond donors (Lipinski definition) is 2. The lowest BCUT2D eigenvalue weighted by Crippen LogP contribution is -2.42. The molecule has 0 fully saturated rings. The van der Waals surface area contributed by atoms with Crippen molar-refractivity contribution >= 4 is 11.8 Å². The zero-order valence-electron chi connectivity index (χ0n) is 25.2. The van der Waals surface area contributed by atoms with Gasteiger partial charge >= 0.3 is 0 Å². The molecule has 0 saturated carbocycles. The van der Waals surface area contributed by atoms with Gasteiger partial charge in [-0.25, -0.2) is 26.3 Å². The van der Waals surface area contributed by atoms with Crippen molar-refractivity contribution in [2.75, 3.05) is 26.0 Å². The fourth-order valence-corrected chi connectivity index (χ4v) is 7.36. The molecule has 0 saturated heterocycles. The molecule has 0 radical (unpaired) electrons. The molecule has 1 aliphatic heterocycles. The van der Waals surface area contributed by atoms with Crippen LogP contribution in [0.15, 0.2) is 76.6 Å². The van der Waals surface area contributed by atoms with Crippen molar-refractivity contribution in [2.45, 2.75) is 49.2 Å². The summed E-state index contributed by atoms with van der Waals surface area (Å²) >= 11 is 1.20. The molecule has 46 heavy (non-hydrogen) atoms. The van der Waals surface area contributed by atoms with Crippen LogP contribution in [-0.4, -0.2) is 41.6 Å². The van der Waals surface area contributed by atoms with Gasteiger partial charge in [-0.05, 0) is 35.7 Å². The van der Waals surface area contributed by atoms with Gasteiger partial charge in [0.15, 0.2) is 11.6 Å². The highest BCUT2D eigenvalue weighted by molar-refractivity contribution is 7.99. The molecule has 0 amide bonds. The first-order valence-electron chi connectivity index (χ1n) is 14.5. The van der Waals surface area contributed by atoms with Gasteiger partial charge in [0.2, 0.25) is 0 Å². The SMILES string of the molecule is COc1cccc(-c2c(C)c(Cc3c(F)cccc3C(C)(F)F)c3n(c2=O)C(C(NCC(F)(F)CO)c2ccccc2)CS3)c1F. The highest BCUT2D eigenvalue weighted by atomic mass is 32.2. The van der Waals surface area contributed by atoms with Crippen LogP contribution in [0.3, 0.4) is 0 Å². The number of rotatable bonds is 11. The zero-order valence-corrected chi connectivity index (χ0v) is 26.0. The van der Waals surface area contributed by atoms with E-state index in [0.29, 0.717) is 23.1 Å². The van der Waals surface area contributed by atoms with Crippen molar-refractivity contribution in [1.82, 2.24) is 9.88 Å². The maximum Gasteiger partial charge on any atom is 0.282 e. The molecular formula is C34H32F6N2O3S. The van der Waals surface area contributed by atoms with Crippen LogP contribution >= 0.6 is 11.8 Å². The van der Waals surface area contributed by atoms with Gasteiger partial charge in [-0.1, -0.05) is 54.6 Å². The minimum atomic E-state index is -3.47. The molecule has 3 aromatic carbocycles. The summed E-state index contributed by atoms with van der Waals surface area (Å²) in [5, 5.41) is 12.4. The van der Waals surface area contributed by atoms with Crippen LogP contribution in [0.2, 0.25) is 0 Å². The van der Waals surface area contributed by atoms with E-state index in [2.05, 4.69) is 5.32 Å². The summed E-state index contributed by atoms with van der Waals surface area (Å²) in [5.74, 6) is -8.49. The van der Waals surface area contributed by atoms with Crippen molar-refractivity contribution in [3.05, 3.63) is 117 Å². The summed E-state index contributed by atoms with van der Waals surface area (Å²) in [6.45, 7) is -0.0844. The van der Waals surface area contributed by atoms with Gasteiger partial charge in [-0.3, -0.25) is 9.36 Å². The Hall–Kier alpha value is -3.74. The molecule has 2 N–H and O–H groups in total. The maximum absolute atomic E-state index is 15.8. The Bertz CT molecular complexity index is 1790. The molecular weight excluding hydrogens is 630 g/mol. The molecule has 0 bridgehead atoms. The van der Waals surface area contributed by atoms with E-state index in [1.165, 1.54) is 47.7 Å². The number of thioether (sulfide) groups is 1. The molecule has 1 aliphatic rings. The second-order valence-corrected chi connectivity index (χ2v) is 12.3. The standard InChI is InChI=1S/C34H32F6N2O3S/c1-19-22(15-23-24(33(2,37)38)12-8-13-25(23)35)32-42(31(44)28(19)21-11-7-14-27(45-3)29(21)36)26(16-46-32)30(20-9-5-4-6-10-20)41-17-34(39,40)18-43/h4-14,26,30,41,43H,15-18H2,1-3H3. The van der Waals surface area contributed by atoms with E-state index in [9.17, 15) is 27.5 Å². The molecule has 2 unspecified atom stereocenters. The largest absolute Gasteiger partial charge is 0.494 e. The summed E-state index contributed by atoms with van der Waals surface area (Å²) in [5.41, 5.74) is -0.476. The fraction of sp³-hybridized carbons (Fsp3) is 0.324. The van der Waals surface area contributed by atoms with Crippen LogP contribution in [0, 0.1) is 18.6 Å². The van der Waals surface area contributed by atoms with Gasteiger partial charge in [0.05, 0.1) is 36.3 Å². The topological polar surface area (TPSA) is 63.5 Å². The number of alkyl halides is 4. The average Bonchev–Trinajstić information content (AvgIpc) is 3.46. The number of aromatic nitrogens is 1. The Morgan fingerprint density at radius 3 is 2.37 bits per heavy atom. The maximum atomic E-state index is 15.8. The summed E-state index contributed by atoms with van der Waals surface area (Å²) in [6, 6.07) is 14.5. The molecule has 1 aromatic heterocycles. The third-order valence-electron chi connectivity index (χ3n) is 8.21. The number of methoxy groups -OCH3 is 1. The molecule has 244 valence electrons. The first-order valence-corrected chi connectivity index (χ1v) is 15.4. The minimum Gasteiger partial charge on any atom is -0.494 e. The summed E-state index contributed by atoms with van der Waals surface area (Å²) in [7, 11) is 1.27. The molecule has 5 rings (SSSR count). The third kappa shape index (κ3) is 6.43. The molecule has 5 nitrogen and oxygen atoms in total. The molecule has 0 aliphatic carbocycles. The number of benzene rings is 3. The molecule has 0 spiro atoms. The highest BCUT2D eigenvalue weighted by Gasteiger charge is 2.39. The Labute approximate surface area is 266 Å². The average molecular weight is 663 g/mol. The first-order chi connectivity index (χ1) is 21.8. The van der Waals surface area contributed by atoms with Gasteiger partial charge in [-0.2, -0.15) is 0 Å². The Balaban J connectivity index is 1.78. The Morgan fingerprint density at radius 2 is 1.72 bits per heavy atom. The first kappa shape index (κ1) is 33.6. The number of pyridine rings is 1. The normalized spacial score (nSPS) is 15.6. The van der Waals surface area contributed by atoms with E-state index in [4.69, 9.17) is 4.74 Å². The van der Waals surface area contributed by atoms with Crippen molar-refractivity contribution in [1.29, 1.82) is 0 Å².